The van der Waals surface area contributed by atoms with Gasteiger partial charge in [-0.1, -0.05) is 12.5 Å². The number of hydrogen-bond acceptors (Lipinski definition) is 3. The summed E-state index contributed by atoms with van der Waals surface area (Å²) in [4.78, 5) is 0. The Kier molecular flexibility index (Phi) is 4.48. The van der Waals surface area contributed by atoms with Crippen molar-refractivity contribution >= 4 is 0 Å². The predicted molar refractivity (Wildman–Crippen MR) is 77.4 cm³/mol. The normalized spacial score (nSPS) is 26.6. The second-order valence-electron chi connectivity index (χ2n) is 5.86. The molecular formula is C16H25NO2. The topological polar surface area (TPSA) is 55.5 Å². The fourth-order valence-corrected chi connectivity index (χ4v) is 3.14. The molecule has 3 nitrogen and oxygen atoms in total. The van der Waals surface area contributed by atoms with Gasteiger partial charge in [0.05, 0.1) is 12.2 Å². The summed E-state index contributed by atoms with van der Waals surface area (Å²) in [5.41, 5.74) is 7.46. The first-order chi connectivity index (χ1) is 9.03. The lowest BCUT2D eigenvalue weighted by molar-refractivity contribution is 0.00354. The third-order valence-corrected chi connectivity index (χ3v) is 4.21. The zero-order chi connectivity index (χ0) is 13.9. The molecule has 1 aromatic rings. The largest absolute Gasteiger partial charge is 0.494 e. The molecule has 2 unspecified atom stereocenters. The molecule has 3 N–H and O–H groups in total. The molecule has 0 spiro atoms. The molecule has 1 aliphatic carbocycles. The van der Waals surface area contributed by atoms with Crippen LogP contribution in [0.3, 0.4) is 0 Å². The molecule has 0 bridgehead atoms. The minimum Gasteiger partial charge on any atom is -0.494 e. The Morgan fingerprint density at radius 1 is 1.32 bits per heavy atom. The quantitative estimate of drug-likeness (QED) is 0.858. The van der Waals surface area contributed by atoms with Crippen molar-refractivity contribution in [2.45, 2.75) is 45.1 Å². The molecule has 1 saturated carbocycles. The predicted octanol–water partition coefficient (Wildman–Crippen LogP) is 2.56. The highest BCUT2D eigenvalue weighted by Gasteiger charge is 2.39. The van der Waals surface area contributed by atoms with Gasteiger partial charge >= 0.3 is 0 Å². The van der Waals surface area contributed by atoms with Crippen molar-refractivity contribution in [1.29, 1.82) is 0 Å². The highest BCUT2D eigenvalue weighted by molar-refractivity contribution is 5.32. The Bertz CT molecular complexity index is 413. The van der Waals surface area contributed by atoms with Crippen molar-refractivity contribution < 1.29 is 9.84 Å². The third-order valence-electron chi connectivity index (χ3n) is 4.21. The average Bonchev–Trinajstić information content (AvgIpc) is 2.71. The van der Waals surface area contributed by atoms with Crippen molar-refractivity contribution in [2.75, 3.05) is 13.2 Å². The smallest absolute Gasteiger partial charge is 0.119 e. The SMILES string of the molecule is Cc1cc(C)cc(OCCC2CCCC2(O)CN)c1. The number of aliphatic hydroxyl groups is 1. The highest BCUT2D eigenvalue weighted by Crippen LogP contribution is 2.37. The number of nitrogens with two attached hydrogens (primary N) is 1. The molecule has 1 aliphatic rings. The van der Waals surface area contributed by atoms with Crippen LogP contribution in [0.25, 0.3) is 0 Å². The van der Waals surface area contributed by atoms with E-state index in [-0.39, 0.29) is 5.92 Å². The van der Waals surface area contributed by atoms with E-state index in [1.165, 1.54) is 11.1 Å². The van der Waals surface area contributed by atoms with E-state index < -0.39 is 5.60 Å². The van der Waals surface area contributed by atoms with Gasteiger partial charge in [-0.3, -0.25) is 0 Å². The van der Waals surface area contributed by atoms with Crippen LogP contribution in [0.2, 0.25) is 0 Å². The molecule has 0 amide bonds. The van der Waals surface area contributed by atoms with Gasteiger partial charge in [0.1, 0.15) is 5.75 Å². The molecule has 19 heavy (non-hydrogen) atoms. The summed E-state index contributed by atoms with van der Waals surface area (Å²) in [6, 6.07) is 6.24. The van der Waals surface area contributed by atoms with Crippen LogP contribution in [0.4, 0.5) is 0 Å². The summed E-state index contributed by atoms with van der Waals surface area (Å²) in [6.45, 7) is 5.16. The van der Waals surface area contributed by atoms with Crippen molar-refractivity contribution in [1.82, 2.24) is 0 Å². The van der Waals surface area contributed by atoms with E-state index in [0.717, 1.165) is 31.4 Å². The minimum atomic E-state index is -0.661. The van der Waals surface area contributed by atoms with Gasteiger partial charge in [-0.2, -0.15) is 0 Å². The number of ether oxygens (including phenoxy) is 1. The first-order valence-electron chi connectivity index (χ1n) is 7.17. The van der Waals surface area contributed by atoms with E-state index in [2.05, 4.69) is 32.0 Å². The van der Waals surface area contributed by atoms with Gasteiger partial charge in [0, 0.05) is 6.54 Å². The van der Waals surface area contributed by atoms with Gasteiger partial charge < -0.3 is 15.6 Å². The zero-order valence-electron chi connectivity index (χ0n) is 12.0. The summed E-state index contributed by atoms with van der Waals surface area (Å²) >= 11 is 0. The molecule has 0 saturated heterocycles. The van der Waals surface area contributed by atoms with Crippen LogP contribution in [0.5, 0.6) is 5.75 Å². The lowest BCUT2D eigenvalue weighted by Gasteiger charge is -2.28. The summed E-state index contributed by atoms with van der Waals surface area (Å²) in [5, 5.41) is 10.4. The van der Waals surface area contributed by atoms with Gasteiger partial charge in [0.15, 0.2) is 0 Å². The zero-order valence-corrected chi connectivity index (χ0v) is 12.0. The van der Waals surface area contributed by atoms with E-state index in [4.69, 9.17) is 10.5 Å². The lowest BCUT2D eigenvalue weighted by atomic mass is 9.88. The molecular weight excluding hydrogens is 238 g/mol. The molecule has 1 aromatic carbocycles. The van der Waals surface area contributed by atoms with Crippen molar-refractivity contribution in [2.24, 2.45) is 11.7 Å². The van der Waals surface area contributed by atoms with E-state index >= 15 is 0 Å². The minimum absolute atomic E-state index is 0.281. The molecule has 0 radical (unpaired) electrons. The van der Waals surface area contributed by atoms with Gasteiger partial charge in [-0.25, -0.2) is 0 Å². The second-order valence-corrected chi connectivity index (χ2v) is 5.86. The molecule has 3 heteroatoms. The Balaban J connectivity index is 1.86. The second kappa shape index (κ2) is 5.93. The van der Waals surface area contributed by atoms with E-state index in [1.807, 2.05) is 0 Å². The monoisotopic (exact) mass is 263 g/mol. The van der Waals surface area contributed by atoms with Gasteiger partial charge in [-0.05, 0) is 62.3 Å². The lowest BCUT2D eigenvalue weighted by Crippen LogP contribution is -2.41. The summed E-state index contributed by atoms with van der Waals surface area (Å²) in [6.07, 6.45) is 3.84. The molecule has 1 fully saturated rings. The fraction of sp³-hybridized carbons (Fsp3) is 0.625. The van der Waals surface area contributed by atoms with Gasteiger partial charge in [0.25, 0.3) is 0 Å². The maximum absolute atomic E-state index is 10.4. The van der Waals surface area contributed by atoms with Crippen LogP contribution in [-0.2, 0) is 0 Å². The van der Waals surface area contributed by atoms with Crippen molar-refractivity contribution in [3.8, 4) is 5.75 Å². The number of aryl methyl sites for hydroxylation is 2. The van der Waals surface area contributed by atoms with Crippen LogP contribution in [0, 0.1) is 19.8 Å². The Labute approximate surface area is 115 Å². The molecule has 2 rings (SSSR count). The van der Waals surface area contributed by atoms with E-state index in [0.29, 0.717) is 13.2 Å². The Hall–Kier alpha value is -1.06. The maximum Gasteiger partial charge on any atom is 0.119 e. The standard InChI is InChI=1S/C16H25NO2/c1-12-8-13(2)10-15(9-12)19-7-5-14-4-3-6-16(14,18)11-17/h8-10,14,18H,3-7,11,17H2,1-2H3. The molecule has 0 aliphatic heterocycles. The van der Waals surface area contributed by atoms with Crippen LogP contribution in [-0.4, -0.2) is 23.9 Å². The molecule has 0 aromatic heterocycles. The highest BCUT2D eigenvalue weighted by atomic mass is 16.5. The number of benzene rings is 1. The van der Waals surface area contributed by atoms with Crippen molar-refractivity contribution in [3.63, 3.8) is 0 Å². The maximum atomic E-state index is 10.4. The van der Waals surface area contributed by atoms with Crippen molar-refractivity contribution in [3.05, 3.63) is 29.3 Å². The van der Waals surface area contributed by atoms with Crippen LogP contribution in [0.1, 0.15) is 36.8 Å². The third kappa shape index (κ3) is 3.48. The summed E-state index contributed by atoms with van der Waals surface area (Å²) < 4.78 is 5.82. The van der Waals surface area contributed by atoms with Crippen LogP contribution < -0.4 is 10.5 Å². The summed E-state index contributed by atoms with van der Waals surface area (Å²) in [7, 11) is 0. The summed E-state index contributed by atoms with van der Waals surface area (Å²) in [5.74, 6) is 1.20. The molecule has 0 heterocycles. The first kappa shape index (κ1) is 14.4. The van der Waals surface area contributed by atoms with Gasteiger partial charge in [-0.15, -0.1) is 0 Å². The Morgan fingerprint density at radius 3 is 2.63 bits per heavy atom. The fourth-order valence-electron chi connectivity index (χ4n) is 3.14. The number of hydrogen-bond donors (Lipinski definition) is 2. The van der Waals surface area contributed by atoms with Crippen LogP contribution >= 0.6 is 0 Å². The molecule has 2 atom stereocenters. The molecule has 106 valence electrons. The first-order valence-corrected chi connectivity index (χ1v) is 7.17. The van der Waals surface area contributed by atoms with E-state index in [9.17, 15) is 5.11 Å². The van der Waals surface area contributed by atoms with Gasteiger partial charge in [0.2, 0.25) is 0 Å². The van der Waals surface area contributed by atoms with Crippen LogP contribution in [0.15, 0.2) is 18.2 Å². The number of rotatable bonds is 5. The average molecular weight is 263 g/mol. The Morgan fingerprint density at radius 2 is 2.00 bits per heavy atom. The van der Waals surface area contributed by atoms with E-state index in [1.54, 1.807) is 0 Å².